The summed E-state index contributed by atoms with van der Waals surface area (Å²) in [6.07, 6.45) is 7.24. The normalized spacial score (nSPS) is 23.5. The van der Waals surface area contributed by atoms with Crippen LogP contribution in [0.4, 0.5) is 0 Å². The van der Waals surface area contributed by atoms with E-state index in [9.17, 15) is 0 Å². The Labute approximate surface area is 60.1 Å². The van der Waals surface area contributed by atoms with Crippen molar-refractivity contribution in [2.75, 3.05) is 0 Å². The van der Waals surface area contributed by atoms with E-state index in [0.29, 0.717) is 6.10 Å². The topological polar surface area (TPSA) is 9.23 Å². The van der Waals surface area contributed by atoms with Gasteiger partial charge < -0.3 is 0 Å². The van der Waals surface area contributed by atoms with E-state index in [0.717, 1.165) is 0 Å². The fraction of sp³-hybridized carbons (Fsp3) is 1.00. The molecule has 0 atom stereocenters. The van der Waals surface area contributed by atoms with Crippen molar-refractivity contribution < 1.29 is 21.4 Å². The number of rotatable bonds is 1. The fourth-order valence-electron chi connectivity index (χ4n) is 1.17. The Hall–Kier alpha value is 0.544. The van der Waals surface area contributed by atoms with Crippen LogP contribution in [-0.2, 0) is 21.4 Å². The Morgan fingerprint density at radius 2 is 1.75 bits per heavy atom. The first kappa shape index (κ1) is 6.66. The zero-order valence-corrected chi connectivity index (χ0v) is 6.37. The van der Waals surface area contributed by atoms with Gasteiger partial charge in [-0.05, 0) is 0 Å². The van der Waals surface area contributed by atoms with Crippen LogP contribution in [-0.4, -0.2) is 6.10 Å². The third-order valence-corrected chi connectivity index (χ3v) is 2.17. The molecule has 0 saturated heterocycles. The average molecular weight is 150 g/mol. The van der Waals surface area contributed by atoms with E-state index < -0.39 is 0 Å². The Balaban J connectivity index is 2.13. The molecule has 1 fully saturated rings. The summed E-state index contributed by atoms with van der Waals surface area (Å²) in [5.41, 5.74) is 0. The molecule has 0 unspecified atom stereocenters. The molecule has 0 spiro atoms. The molecule has 0 aromatic carbocycles. The maximum atomic E-state index is 5.13. The summed E-state index contributed by atoms with van der Waals surface area (Å²) in [5.74, 6) is 0. The van der Waals surface area contributed by atoms with Gasteiger partial charge in [-0.3, -0.25) is 0 Å². The molecule has 0 aliphatic heterocycles. The van der Waals surface area contributed by atoms with Gasteiger partial charge in [-0.1, -0.05) is 0 Å². The summed E-state index contributed by atoms with van der Waals surface area (Å²) < 4.78 is 5.13. The van der Waals surface area contributed by atoms with Crippen molar-refractivity contribution in [2.24, 2.45) is 0 Å². The van der Waals surface area contributed by atoms with Crippen LogP contribution in [0.25, 0.3) is 0 Å². The van der Waals surface area contributed by atoms with Crippen molar-refractivity contribution in [3.63, 3.8) is 0 Å². The molecule has 1 rings (SSSR count). The Morgan fingerprint density at radius 3 is 2.12 bits per heavy atom. The molecule has 1 aliphatic carbocycles. The minimum atomic E-state index is 0.559. The van der Waals surface area contributed by atoms with Crippen LogP contribution in [0.1, 0.15) is 32.1 Å². The summed E-state index contributed by atoms with van der Waals surface area (Å²) in [6.45, 7) is 0. The van der Waals surface area contributed by atoms with Gasteiger partial charge in [0.15, 0.2) is 0 Å². The van der Waals surface area contributed by atoms with Crippen molar-refractivity contribution in [3.05, 3.63) is 0 Å². The van der Waals surface area contributed by atoms with Gasteiger partial charge >= 0.3 is 59.6 Å². The third kappa shape index (κ3) is 1.81. The first-order chi connectivity index (χ1) is 3.93. The predicted octanol–water partition coefficient (Wildman–Crippen LogP) is 1.80. The third-order valence-electron chi connectivity index (χ3n) is 1.70. The van der Waals surface area contributed by atoms with Crippen LogP contribution in [0.3, 0.4) is 0 Å². The quantitative estimate of drug-likeness (QED) is 0.553. The maximum absolute atomic E-state index is 5.13. The second-order valence-electron chi connectivity index (χ2n) is 2.37. The zero-order chi connectivity index (χ0) is 5.82. The van der Waals surface area contributed by atoms with Gasteiger partial charge in [0, 0.05) is 0 Å². The second-order valence-corrected chi connectivity index (χ2v) is 2.69. The molecule has 0 bridgehead atoms. The molecule has 1 saturated carbocycles. The van der Waals surface area contributed by atoms with E-state index >= 15 is 0 Å². The molecular weight excluding hydrogens is 139 g/mol. The summed E-state index contributed by atoms with van der Waals surface area (Å²) in [4.78, 5) is 0. The van der Waals surface area contributed by atoms with Gasteiger partial charge in [-0.2, -0.15) is 0 Å². The van der Waals surface area contributed by atoms with Crippen molar-refractivity contribution in [3.8, 4) is 0 Å². The molecule has 2 heteroatoms. The summed E-state index contributed by atoms with van der Waals surface area (Å²) in [7, 11) is 0. The van der Waals surface area contributed by atoms with Crippen molar-refractivity contribution >= 4 is 0 Å². The predicted molar refractivity (Wildman–Crippen MR) is 28.0 cm³/mol. The Morgan fingerprint density at radius 1 is 1.12 bits per heavy atom. The van der Waals surface area contributed by atoms with E-state index in [1.165, 1.54) is 32.1 Å². The Kier molecular flexibility index (Phi) is 2.95. The van der Waals surface area contributed by atoms with Gasteiger partial charge in [0.05, 0.1) is 0 Å². The van der Waals surface area contributed by atoms with E-state index in [1.54, 1.807) is 0 Å². The molecular formula is C6H11OV. The Bertz CT molecular complexity index is 59.5. The van der Waals surface area contributed by atoms with Gasteiger partial charge in [-0.25, -0.2) is 0 Å². The molecule has 1 aliphatic rings. The van der Waals surface area contributed by atoms with Crippen molar-refractivity contribution in [2.45, 2.75) is 38.2 Å². The SMILES string of the molecule is [V][O]C1CCCCC1. The second kappa shape index (κ2) is 3.55. The van der Waals surface area contributed by atoms with Crippen LogP contribution in [0.2, 0.25) is 0 Å². The molecule has 0 radical (unpaired) electrons. The van der Waals surface area contributed by atoms with Crippen LogP contribution in [0, 0.1) is 0 Å². The van der Waals surface area contributed by atoms with E-state index in [4.69, 9.17) is 3.66 Å². The minimum absolute atomic E-state index is 0.559. The monoisotopic (exact) mass is 150 g/mol. The summed E-state index contributed by atoms with van der Waals surface area (Å²) in [5, 5.41) is 0. The van der Waals surface area contributed by atoms with Crippen molar-refractivity contribution in [1.82, 2.24) is 0 Å². The standard InChI is InChI=1S/C6H11O.V/c7-6-4-2-1-3-5-6;/h6H,1-5H2;/q-1;+1. The fourth-order valence-corrected chi connectivity index (χ4v) is 1.50. The molecule has 46 valence electrons. The van der Waals surface area contributed by atoms with E-state index in [-0.39, 0.29) is 0 Å². The van der Waals surface area contributed by atoms with Gasteiger partial charge in [-0.15, -0.1) is 0 Å². The van der Waals surface area contributed by atoms with E-state index in [1.807, 2.05) is 0 Å². The molecule has 0 N–H and O–H groups in total. The van der Waals surface area contributed by atoms with Crippen LogP contribution < -0.4 is 0 Å². The zero-order valence-electron chi connectivity index (χ0n) is 4.97. The average Bonchev–Trinajstić information content (AvgIpc) is 1.90. The number of hydrogen-bond donors (Lipinski definition) is 0. The number of hydrogen-bond acceptors (Lipinski definition) is 1. The van der Waals surface area contributed by atoms with Gasteiger partial charge in [0.1, 0.15) is 0 Å². The molecule has 0 heterocycles. The van der Waals surface area contributed by atoms with Crippen LogP contribution in [0.15, 0.2) is 0 Å². The molecule has 0 aromatic heterocycles. The van der Waals surface area contributed by atoms with Crippen LogP contribution >= 0.6 is 0 Å². The van der Waals surface area contributed by atoms with E-state index in [2.05, 4.69) is 17.8 Å². The molecule has 0 amide bonds. The molecule has 1 nitrogen and oxygen atoms in total. The first-order valence-corrected chi connectivity index (χ1v) is 3.80. The molecule has 8 heavy (non-hydrogen) atoms. The summed E-state index contributed by atoms with van der Waals surface area (Å²) in [6, 6.07) is 0. The first-order valence-electron chi connectivity index (χ1n) is 3.23. The van der Waals surface area contributed by atoms with Gasteiger partial charge in [0.2, 0.25) is 0 Å². The molecule has 0 aromatic rings. The summed E-state index contributed by atoms with van der Waals surface area (Å²) >= 11 is 2.21. The van der Waals surface area contributed by atoms with Crippen LogP contribution in [0.5, 0.6) is 0 Å². The van der Waals surface area contributed by atoms with Gasteiger partial charge in [0.25, 0.3) is 0 Å². The van der Waals surface area contributed by atoms with Crippen molar-refractivity contribution in [1.29, 1.82) is 0 Å².